The number of hydrogen-bond acceptors (Lipinski definition) is 4. The molecule has 0 aliphatic carbocycles. The monoisotopic (exact) mass is 343 g/mol. The van der Waals surface area contributed by atoms with Crippen molar-refractivity contribution in [2.45, 2.75) is 37.0 Å². The van der Waals surface area contributed by atoms with Gasteiger partial charge in [-0.05, 0) is 37.5 Å². The molecule has 2 atom stereocenters. The van der Waals surface area contributed by atoms with Crippen LogP contribution in [0.15, 0.2) is 24.3 Å². The molecule has 1 aromatic rings. The summed E-state index contributed by atoms with van der Waals surface area (Å²) in [4.78, 5) is 24.0. The van der Waals surface area contributed by atoms with E-state index < -0.39 is 38.3 Å². The third-order valence-corrected chi connectivity index (χ3v) is 6.27. The molecule has 23 heavy (non-hydrogen) atoms. The Morgan fingerprint density at radius 1 is 1.26 bits per heavy atom. The second-order valence-corrected chi connectivity index (χ2v) is 8.08. The average molecular weight is 343 g/mol. The Bertz CT molecular complexity index is 716. The van der Waals surface area contributed by atoms with Crippen LogP contribution < -0.4 is 5.32 Å². The maximum atomic E-state index is 13.0. The maximum Gasteiger partial charge on any atom is 0.333 e. The van der Waals surface area contributed by atoms with Crippen molar-refractivity contribution >= 4 is 21.7 Å². The standard InChI is InChI=1S/C15H18FNO5S/c1-15(14(19)20,10-5-7-11(16)8-6-10)17-13(18)12-4-2-3-9-23(12,21)22/h5-8,12H,2-4,9H2,1H3,(H,17,18)(H,19,20). The number of carbonyl (C=O) groups is 2. The quantitative estimate of drug-likeness (QED) is 0.856. The van der Waals surface area contributed by atoms with Gasteiger partial charge in [0.25, 0.3) is 0 Å². The van der Waals surface area contributed by atoms with Crippen molar-refractivity contribution in [3.05, 3.63) is 35.6 Å². The van der Waals surface area contributed by atoms with E-state index in [0.717, 1.165) is 12.1 Å². The second kappa shape index (κ2) is 6.27. The van der Waals surface area contributed by atoms with E-state index in [1.54, 1.807) is 0 Å². The first kappa shape index (κ1) is 17.4. The summed E-state index contributed by atoms with van der Waals surface area (Å²) < 4.78 is 37.0. The van der Waals surface area contributed by atoms with Gasteiger partial charge in [-0.2, -0.15) is 0 Å². The van der Waals surface area contributed by atoms with E-state index in [2.05, 4.69) is 5.32 Å². The molecule has 8 heteroatoms. The van der Waals surface area contributed by atoms with Crippen molar-refractivity contribution in [2.24, 2.45) is 0 Å². The van der Waals surface area contributed by atoms with Gasteiger partial charge in [0.1, 0.15) is 11.1 Å². The number of nitrogens with one attached hydrogen (secondary N) is 1. The molecular weight excluding hydrogens is 325 g/mol. The van der Waals surface area contributed by atoms with E-state index in [9.17, 15) is 27.5 Å². The van der Waals surface area contributed by atoms with Gasteiger partial charge in [0.15, 0.2) is 15.4 Å². The van der Waals surface area contributed by atoms with E-state index in [4.69, 9.17) is 0 Å². The molecule has 1 heterocycles. The highest BCUT2D eigenvalue weighted by Gasteiger charge is 2.42. The molecule has 0 spiro atoms. The fourth-order valence-corrected chi connectivity index (χ4v) is 4.41. The number of hydrogen-bond donors (Lipinski definition) is 2. The normalized spacial score (nSPS) is 22.8. The molecule has 1 aliphatic rings. The van der Waals surface area contributed by atoms with Gasteiger partial charge in [0, 0.05) is 0 Å². The zero-order valence-electron chi connectivity index (χ0n) is 12.6. The number of amides is 1. The lowest BCUT2D eigenvalue weighted by atomic mass is 9.91. The Labute approximate surface area is 133 Å². The Morgan fingerprint density at radius 3 is 2.39 bits per heavy atom. The van der Waals surface area contributed by atoms with Gasteiger partial charge in [0.05, 0.1) is 5.75 Å². The maximum absolute atomic E-state index is 13.0. The van der Waals surface area contributed by atoms with Gasteiger partial charge >= 0.3 is 5.97 Å². The molecule has 0 radical (unpaired) electrons. The Kier molecular flexibility index (Phi) is 4.74. The minimum Gasteiger partial charge on any atom is -0.479 e. The van der Waals surface area contributed by atoms with Crippen LogP contribution in [0.25, 0.3) is 0 Å². The van der Waals surface area contributed by atoms with Crippen LogP contribution in [0.5, 0.6) is 0 Å². The third kappa shape index (κ3) is 3.52. The number of benzene rings is 1. The van der Waals surface area contributed by atoms with Crippen molar-refractivity contribution in [3.63, 3.8) is 0 Å². The summed E-state index contributed by atoms with van der Waals surface area (Å²) in [6.45, 7) is 1.25. The number of carbonyl (C=O) groups excluding carboxylic acids is 1. The van der Waals surface area contributed by atoms with Gasteiger partial charge in [0.2, 0.25) is 5.91 Å². The van der Waals surface area contributed by atoms with Crippen LogP contribution in [0.2, 0.25) is 0 Å². The van der Waals surface area contributed by atoms with Crippen LogP contribution in [-0.2, 0) is 25.0 Å². The summed E-state index contributed by atoms with van der Waals surface area (Å²) in [5.74, 6) is -2.81. The number of carboxylic acid groups (broad SMARTS) is 1. The molecule has 0 saturated carbocycles. The topological polar surface area (TPSA) is 101 Å². The molecule has 2 rings (SSSR count). The molecular formula is C15H18FNO5S. The smallest absolute Gasteiger partial charge is 0.333 e. The number of halogens is 1. The molecule has 6 nitrogen and oxygen atoms in total. The summed E-state index contributed by atoms with van der Waals surface area (Å²) in [6.07, 6.45) is 1.27. The molecule has 1 aromatic carbocycles. The Balaban J connectivity index is 2.30. The molecule has 1 amide bonds. The number of rotatable bonds is 4. The highest BCUT2D eigenvalue weighted by molar-refractivity contribution is 7.92. The van der Waals surface area contributed by atoms with E-state index in [0.29, 0.717) is 12.8 Å². The summed E-state index contributed by atoms with van der Waals surface area (Å²) in [5.41, 5.74) is -1.68. The molecule has 2 unspecified atom stereocenters. The first-order valence-electron chi connectivity index (χ1n) is 7.20. The first-order valence-corrected chi connectivity index (χ1v) is 8.91. The summed E-state index contributed by atoms with van der Waals surface area (Å²) in [6, 6.07) is 4.66. The van der Waals surface area contributed by atoms with E-state index in [1.165, 1.54) is 19.1 Å². The van der Waals surface area contributed by atoms with Crippen molar-refractivity contribution < 1.29 is 27.5 Å². The van der Waals surface area contributed by atoms with Crippen molar-refractivity contribution in [3.8, 4) is 0 Å². The van der Waals surface area contributed by atoms with Crippen LogP contribution in [0, 0.1) is 5.82 Å². The summed E-state index contributed by atoms with van der Waals surface area (Å²) >= 11 is 0. The van der Waals surface area contributed by atoms with E-state index in [1.807, 2.05) is 0 Å². The van der Waals surface area contributed by atoms with Crippen LogP contribution in [0.3, 0.4) is 0 Å². The lowest BCUT2D eigenvalue weighted by molar-refractivity contribution is -0.147. The summed E-state index contributed by atoms with van der Waals surface area (Å²) in [5, 5.41) is 10.5. The molecule has 1 saturated heterocycles. The number of aliphatic carboxylic acids is 1. The van der Waals surface area contributed by atoms with Crippen molar-refractivity contribution in [1.82, 2.24) is 5.32 Å². The highest BCUT2D eigenvalue weighted by atomic mass is 32.2. The Hall–Kier alpha value is -1.96. The predicted molar refractivity (Wildman–Crippen MR) is 81.0 cm³/mol. The molecule has 0 bridgehead atoms. The molecule has 126 valence electrons. The fraction of sp³-hybridized carbons (Fsp3) is 0.467. The molecule has 1 fully saturated rings. The lowest BCUT2D eigenvalue weighted by Gasteiger charge is -2.30. The summed E-state index contributed by atoms with van der Waals surface area (Å²) in [7, 11) is -3.57. The lowest BCUT2D eigenvalue weighted by Crippen LogP contribution is -2.54. The van der Waals surface area contributed by atoms with Crippen molar-refractivity contribution in [2.75, 3.05) is 5.75 Å². The Morgan fingerprint density at radius 2 is 1.87 bits per heavy atom. The van der Waals surface area contributed by atoms with Gasteiger partial charge in [-0.15, -0.1) is 0 Å². The first-order chi connectivity index (χ1) is 10.7. The van der Waals surface area contributed by atoms with Crippen molar-refractivity contribution in [1.29, 1.82) is 0 Å². The minimum atomic E-state index is -3.57. The number of sulfone groups is 1. The third-order valence-electron chi connectivity index (χ3n) is 4.09. The van der Waals surface area contributed by atoms with E-state index >= 15 is 0 Å². The van der Waals surface area contributed by atoms with Gasteiger partial charge in [-0.25, -0.2) is 17.6 Å². The SMILES string of the molecule is CC(NC(=O)C1CCCCS1(=O)=O)(C(=O)O)c1ccc(F)cc1. The zero-order valence-corrected chi connectivity index (χ0v) is 13.4. The van der Waals surface area contributed by atoms with Gasteiger partial charge in [-0.3, -0.25) is 4.79 Å². The van der Waals surface area contributed by atoms with Gasteiger partial charge < -0.3 is 10.4 Å². The predicted octanol–water partition coefficient (Wildman–Crippen LogP) is 1.21. The van der Waals surface area contributed by atoms with Crippen LogP contribution in [-0.4, -0.2) is 36.4 Å². The second-order valence-electron chi connectivity index (χ2n) is 5.78. The fourth-order valence-electron chi connectivity index (χ4n) is 2.61. The molecule has 1 aliphatic heterocycles. The molecule has 0 aromatic heterocycles. The largest absolute Gasteiger partial charge is 0.479 e. The highest BCUT2D eigenvalue weighted by Crippen LogP contribution is 2.25. The van der Waals surface area contributed by atoms with Crippen LogP contribution in [0.1, 0.15) is 31.7 Å². The molecule has 2 N–H and O–H groups in total. The average Bonchev–Trinajstić information content (AvgIpc) is 2.46. The number of carboxylic acids is 1. The van der Waals surface area contributed by atoms with Crippen LogP contribution in [0.4, 0.5) is 4.39 Å². The van der Waals surface area contributed by atoms with Gasteiger partial charge in [-0.1, -0.05) is 18.6 Å². The van der Waals surface area contributed by atoms with E-state index in [-0.39, 0.29) is 17.7 Å². The zero-order chi connectivity index (χ0) is 17.3. The van der Waals surface area contributed by atoms with Crippen LogP contribution >= 0.6 is 0 Å². The minimum absolute atomic E-state index is 0.0780.